The normalized spacial score (nSPS) is 11.3. The van der Waals surface area contributed by atoms with E-state index in [0.717, 1.165) is 12.1 Å². The third-order valence-corrected chi connectivity index (χ3v) is 2.20. The largest absolute Gasteiger partial charge is 0.490 e. The van der Waals surface area contributed by atoms with E-state index < -0.39 is 35.6 Å². The highest BCUT2D eigenvalue weighted by atomic mass is 19.4. The lowest BCUT2D eigenvalue weighted by atomic mass is 10.1. The standard InChI is InChI=1S/C10H10F4N2O.C2HF3O2/c11-8-2-6(5-16-9(17)4-15)1-7(3-8)10(12,13)14;3-2(4,5)1(6)7/h1-3H,4-5,15H2,(H,16,17);(H,6,7). The summed E-state index contributed by atoms with van der Waals surface area (Å²) in [7, 11) is 0. The number of nitrogens with two attached hydrogens (primary N) is 1. The Morgan fingerprint density at radius 2 is 1.58 bits per heavy atom. The molecule has 1 aromatic carbocycles. The number of alkyl halides is 6. The van der Waals surface area contributed by atoms with Crippen molar-refractivity contribution in [2.45, 2.75) is 18.9 Å². The summed E-state index contributed by atoms with van der Waals surface area (Å²) in [6, 6.07) is 2.10. The number of carboxylic acids is 1. The Morgan fingerprint density at radius 3 is 1.96 bits per heavy atom. The highest BCUT2D eigenvalue weighted by Gasteiger charge is 2.38. The molecule has 0 heterocycles. The summed E-state index contributed by atoms with van der Waals surface area (Å²) >= 11 is 0. The minimum Gasteiger partial charge on any atom is -0.475 e. The molecule has 1 rings (SSSR count). The van der Waals surface area contributed by atoms with Gasteiger partial charge in [0.15, 0.2) is 0 Å². The topological polar surface area (TPSA) is 92.4 Å². The monoisotopic (exact) mass is 364 g/mol. The Labute approximate surface area is 130 Å². The molecular weight excluding hydrogens is 353 g/mol. The van der Waals surface area contributed by atoms with E-state index in [-0.39, 0.29) is 18.7 Å². The fourth-order valence-corrected chi connectivity index (χ4v) is 1.19. The smallest absolute Gasteiger partial charge is 0.475 e. The highest BCUT2D eigenvalue weighted by Crippen LogP contribution is 2.30. The maximum Gasteiger partial charge on any atom is 0.490 e. The van der Waals surface area contributed by atoms with Gasteiger partial charge >= 0.3 is 18.3 Å². The van der Waals surface area contributed by atoms with Crippen LogP contribution in [0.25, 0.3) is 0 Å². The molecule has 0 saturated heterocycles. The molecule has 0 atom stereocenters. The van der Waals surface area contributed by atoms with Gasteiger partial charge in [0.2, 0.25) is 5.91 Å². The van der Waals surface area contributed by atoms with Crippen molar-refractivity contribution >= 4 is 11.9 Å². The molecule has 0 fully saturated rings. The van der Waals surface area contributed by atoms with Crippen LogP contribution < -0.4 is 11.1 Å². The number of nitrogens with one attached hydrogen (secondary N) is 1. The number of carboxylic acid groups (broad SMARTS) is 1. The van der Waals surface area contributed by atoms with Crippen LogP contribution in [-0.4, -0.2) is 29.7 Å². The van der Waals surface area contributed by atoms with Crippen molar-refractivity contribution in [2.75, 3.05) is 6.54 Å². The van der Waals surface area contributed by atoms with Crippen LogP contribution in [-0.2, 0) is 22.3 Å². The second kappa shape index (κ2) is 8.47. The third kappa shape index (κ3) is 8.31. The van der Waals surface area contributed by atoms with Crippen LogP contribution >= 0.6 is 0 Å². The number of rotatable bonds is 3. The summed E-state index contributed by atoms with van der Waals surface area (Å²) in [5, 5.41) is 9.38. The average Bonchev–Trinajstić information content (AvgIpc) is 2.42. The minimum absolute atomic E-state index is 0.0270. The molecule has 0 unspecified atom stereocenters. The first-order valence-corrected chi connectivity index (χ1v) is 5.91. The van der Waals surface area contributed by atoms with Gasteiger partial charge in [-0.3, -0.25) is 4.79 Å². The van der Waals surface area contributed by atoms with E-state index in [0.29, 0.717) is 6.07 Å². The van der Waals surface area contributed by atoms with Crippen molar-refractivity contribution in [2.24, 2.45) is 5.73 Å². The Balaban J connectivity index is 0.000000640. The SMILES string of the molecule is NCC(=O)NCc1cc(F)cc(C(F)(F)F)c1.O=C(O)C(F)(F)F. The first kappa shape index (κ1) is 21.6. The summed E-state index contributed by atoms with van der Waals surface area (Å²) in [6.45, 7) is -0.474. The van der Waals surface area contributed by atoms with Crippen LogP contribution in [0.1, 0.15) is 11.1 Å². The van der Waals surface area contributed by atoms with Gasteiger partial charge < -0.3 is 16.2 Å². The van der Waals surface area contributed by atoms with Crippen LogP contribution in [0, 0.1) is 5.82 Å². The first-order chi connectivity index (χ1) is 10.8. The number of amides is 1. The third-order valence-electron chi connectivity index (χ3n) is 2.20. The summed E-state index contributed by atoms with van der Waals surface area (Å²) in [4.78, 5) is 19.7. The van der Waals surface area contributed by atoms with Crippen LogP contribution in [0.2, 0.25) is 0 Å². The predicted molar refractivity (Wildman–Crippen MR) is 66.0 cm³/mol. The maximum atomic E-state index is 12.9. The van der Waals surface area contributed by atoms with Crippen LogP contribution in [0.4, 0.5) is 30.7 Å². The Kier molecular flexibility index (Phi) is 7.64. The molecular formula is C12H11F7N2O3. The molecule has 24 heavy (non-hydrogen) atoms. The van der Waals surface area contributed by atoms with Gasteiger partial charge in [-0.05, 0) is 23.8 Å². The molecule has 5 nitrogen and oxygen atoms in total. The van der Waals surface area contributed by atoms with Crippen molar-refractivity contribution < 1.29 is 45.4 Å². The molecule has 0 radical (unpaired) electrons. The van der Waals surface area contributed by atoms with Gasteiger partial charge in [0, 0.05) is 6.54 Å². The van der Waals surface area contributed by atoms with E-state index in [9.17, 15) is 35.5 Å². The highest BCUT2D eigenvalue weighted by molar-refractivity contribution is 5.77. The first-order valence-electron chi connectivity index (χ1n) is 5.91. The van der Waals surface area contributed by atoms with E-state index in [1.807, 2.05) is 0 Å². The van der Waals surface area contributed by atoms with E-state index in [4.69, 9.17) is 15.6 Å². The molecule has 4 N–H and O–H groups in total. The number of aliphatic carboxylic acids is 1. The zero-order valence-electron chi connectivity index (χ0n) is 11.6. The number of hydrogen-bond acceptors (Lipinski definition) is 3. The molecule has 0 aliphatic carbocycles. The molecule has 1 amide bonds. The molecule has 0 bridgehead atoms. The van der Waals surface area contributed by atoms with Gasteiger partial charge in [-0.15, -0.1) is 0 Å². The molecule has 0 aliphatic heterocycles. The zero-order valence-corrected chi connectivity index (χ0v) is 11.6. The van der Waals surface area contributed by atoms with Gasteiger partial charge in [-0.25, -0.2) is 9.18 Å². The molecule has 12 heteroatoms. The van der Waals surface area contributed by atoms with Crippen molar-refractivity contribution in [3.63, 3.8) is 0 Å². The van der Waals surface area contributed by atoms with Crippen molar-refractivity contribution in [1.29, 1.82) is 0 Å². The Hall–Kier alpha value is -2.37. The molecule has 0 aromatic heterocycles. The van der Waals surface area contributed by atoms with Gasteiger partial charge in [0.05, 0.1) is 12.1 Å². The molecule has 136 valence electrons. The number of carbonyl (C=O) groups is 2. The predicted octanol–water partition coefficient (Wildman–Crippen LogP) is 2.05. The lowest BCUT2D eigenvalue weighted by Crippen LogP contribution is -2.29. The van der Waals surface area contributed by atoms with E-state index in [1.54, 1.807) is 0 Å². The molecule has 0 saturated carbocycles. The lowest BCUT2D eigenvalue weighted by Gasteiger charge is -2.10. The number of hydrogen-bond donors (Lipinski definition) is 3. The van der Waals surface area contributed by atoms with E-state index >= 15 is 0 Å². The van der Waals surface area contributed by atoms with Gasteiger partial charge in [-0.1, -0.05) is 0 Å². The number of benzene rings is 1. The Morgan fingerprint density at radius 1 is 1.08 bits per heavy atom. The van der Waals surface area contributed by atoms with Gasteiger partial charge in [-0.2, -0.15) is 26.3 Å². The van der Waals surface area contributed by atoms with E-state index in [1.165, 1.54) is 0 Å². The van der Waals surface area contributed by atoms with Crippen LogP contribution in [0.5, 0.6) is 0 Å². The van der Waals surface area contributed by atoms with Crippen LogP contribution in [0.15, 0.2) is 18.2 Å². The lowest BCUT2D eigenvalue weighted by molar-refractivity contribution is -0.192. The second-order valence-electron chi connectivity index (χ2n) is 4.13. The summed E-state index contributed by atoms with van der Waals surface area (Å²) in [5.74, 6) is -4.29. The van der Waals surface area contributed by atoms with Crippen LogP contribution in [0.3, 0.4) is 0 Å². The fraction of sp³-hybridized carbons (Fsp3) is 0.333. The summed E-state index contributed by atoms with van der Waals surface area (Å²) in [5.41, 5.74) is 3.94. The number of halogens is 7. The van der Waals surface area contributed by atoms with E-state index in [2.05, 4.69) is 5.32 Å². The Bertz CT molecular complexity index is 585. The number of carbonyl (C=O) groups excluding carboxylic acids is 1. The zero-order chi connectivity index (χ0) is 19.1. The fourth-order valence-electron chi connectivity index (χ4n) is 1.19. The summed E-state index contributed by atoms with van der Waals surface area (Å²) in [6.07, 6.45) is -9.70. The maximum absolute atomic E-state index is 12.9. The van der Waals surface area contributed by atoms with Gasteiger partial charge in [0.1, 0.15) is 5.82 Å². The van der Waals surface area contributed by atoms with Crippen molar-refractivity contribution in [3.05, 3.63) is 35.1 Å². The molecule has 0 spiro atoms. The minimum atomic E-state index is -5.08. The average molecular weight is 364 g/mol. The molecule has 1 aromatic rings. The van der Waals surface area contributed by atoms with Crippen molar-refractivity contribution in [1.82, 2.24) is 5.32 Å². The quantitative estimate of drug-likeness (QED) is 0.716. The summed E-state index contributed by atoms with van der Waals surface area (Å²) < 4.78 is 81.7. The molecule has 0 aliphatic rings. The van der Waals surface area contributed by atoms with Gasteiger partial charge in [0.25, 0.3) is 0 Å². The second-order valence-corrected chi connectivity index (χ2v) is 4.13. The van der Waals surface area contributed by atoms with Crippen molar-refractivity contribution in [3.8, 4) is 0 Å².